The lowest BCUT2D eigenvalue weighted by atomic mass is 10.0. The van der Waals surface area contributed by atoms with Gasteiger partial charge in [-0.2, -0.15) is 0 Å². The van der Waals surface area contributed by atoms with E-state index in [0.29, 0.717) is 5.56 Å². The maximum atomic E-state index is 12.2. The molecule has 0 radical (unpaired) electrons. The number of aliphatic hydroxyl groups is 1. The predicted octanol–water partition coefficient (Wildman–Crippen LogP) is 2.32. The fourth-order valence-electron chi connectivity index (χ4n) is 3.27. The highest BCUT2D eigenvalue weighted by atomic mass is 16.3. The molecule has 0 aromatic heterocycles. The molecule has 5 nitrogen and oxygen atoms in total. The van der Waals surface area contributed by atoms with Gasteiger partial charge in [0.2, 0.25) is 0 Å². The Morgan fingerprint density at radius 1 is 1.28 bits per heavy atom. The molecule has 0 fully saturated rings. The molecule has 3 rings (SSSR count). The van der Waals surface area contributed by atoms with Crippen molar-refractivity contribution < 1.29 is 9.90 Å². The Labute approximate surface area is 148 Å². The van der Waals surface area contributed by atoms with Crippen molar-refractivity contribution in [2.75, 3.05) is 37.0 Å². The first-order chi connectivity index (χ1) is 12.1. The van der Waals surface area contributed by atoms with E-state index >= 15 is 0 Å². The number of nitrogens with one attached hydrogen (secondary N) is 2. The van der Waals surface area contributed by atoms with Crippen LogP contribution in [0.3, 0.4) is 0 Å². The molecule has 1 heterocycles. The highest BCUT2D eigenvalue weighted by Crippen LogP contribution is 2.28. The third-order valence-electron chi connectivity index (χ3n) is 4.73. The molecule has 1 aliphatic rings. The van der Waals surface area contributed by atoms with Crippen molar-refractivity contribution in [3.05, 3.63) is 58.7 Å². The van der Waals surface area contributed by atoms with E-state index in [9.17, 15) is 4.79 Å². The van der Waals surface area contributed by atoms with Crippen LogP contribution in [-0.2, 0) is 13.0 Å². The molecule has 132 valence electrons. The van der Waals surface area contributed by atoms with E-state index in [1.54, 1.807) is 6.07 Å². The van der Waals surface area contributed by atoms with Gasteiger partial charge in [-0.05, 0) is 48.2 Å². The number of likely N-dealkylation sites (N-methyl/N-ethyl adjacent to an activating group) is 1. The lowest BCUT2D eigenvalue weighted by molar-refractivity contribution is 0.0944. The molecule has 1 amide bonds. The van der Waals surface area contributed by atoms with Gasteiger partial charge in [-0.15, -0.1) is 0 Å². The van der Waals surface area contributed by atoms with Crippen LogP contribution in [0.25, 0.3) is 0 Å². The van der Waals surface area contributed by atoms with Crippen LogP contribution in [0.4, 0.5) is 11.4 Å². The molecule has 3 N–H and O–H groups in total. The molecule has 1 aliphatic heterocycles. The maximum Gasteiger partial charge on any atom is 0.251 e. The summed E-state index contributed by atoms with van der Waals surface area (Å²) in [6.07, 6.45) is 1.10. The molecular formula is C20H25N3O2. The van der Waals surface area contributed by atoms with Gasteiger partial charge in [0, 0.05) is 43.6 Å². The van der Waals surface area contributed by atoms with Gasteiger partial charge in [-0.3, -0.25) is 4.79 Å². The van der Waals surface area contributed by atoms with Gasteiger partial charge in [0.25, 0.3) is 5.91 Å². The molecule has 0 bridgehead atoms. The second kappa shape index (κ2) is 7.57. The van der Waals surface area contributed by atoms with Crippen molar-refractivity contribution in [2.45, 2.75) is 19.9 Å². The largest absolute Gasteiger partial charge is 0.395 e. The first-order valence-electron chi connectivity index (χ1n) is 8.65. The summed E-state index contributed by atoms with van der Waals surface area (Å²) in [6, 6.07) is 12.3. The summed E-state index contributed by atoms with van der Waals surface area (Å²) in [6.45, 7) is 3.94. The smallest absolute Gasteiger partial charge is 0.251 e. The number of hydrogen-bond donors (Lipinski definition) is 3. The maximum absolute atomic E-state index is 12.2. The van der Waals surface area contributed by atoms with E-state index in [0.717, 1.165) is 30.8 Å². The second-order valence-corrected chi connectivity index (χ2v) is 6.45. The average molecular weight is 339 g/mol. The topological polar surface area (TPSA) is 64.6 Å². The SMILES string of the molecule is Cc1c(NCc2ccc3c(c2)CCN3C)cccc1C(=O)NCCO. The van der Waals surface area contributed by atoms with Crippen LogP contribution in [0.15, 0.2) is 36.4 Å². The van der Waals surface area contributed by atoms with Gasteiger partial charge in [-0.25, -0.2) is 0 Å². The van der Waals surface area contributed by atoms with Crippen LogP contribution in [-0.4, -0.2) is 37.8 Å². The Bertz CT molecular complexity index is 774. The van der Waals surface area contributed by atoms with E-state index in [-0.39, 0.29) is 19.1 Å². The first-order valence-corrected chi connectivity index (χ1v) is 8.65. The number of anilines is 2. The van der Waals surface area contributed by atoms with Crippen LogP contribution in [0, 0.1) is 6.92 Å². The number of aliphatic hydroxyl groups excluding tert-OH is 1. The van der Waals surface area contributed by atoms with Crippen molar-refractivity contribution >= 4 is 17.3 Å². The molecule has 2 aromatic carbocycles. The minimum atomic E-state index is -0.157. The van der Waals surface area contributed by atoms with E-state index in [4.69, 9.17) is 5.11 Å². The number of hydrogen-bond acceptors (Lipinski definition) is 4. The monoisotopic (exact) mass is 339 g/mol. The molecule has 2 aromatic rings. The van der Waals surface area contributed by atoms with E-state index < -0.39 is 0 Å². The van der Waals surface area contributed by atoms with Crippen molar-refractivity contribution in [3.8, 4) is 0 Å². The zero-order valence-electron chi connectivity index (χ0n) is 14.8. The summed E-state index contributed by atoms with van der Waals surface area (Å²) in [5, 5.41) is 15.0. The second-order valence-electron chi connectivity index (χ2n) is 6.45. The number of carbonyl (C=O) groups is 1. The standard InChI is InChI=1S/C20H25N3O2/c1-14-17(20(25)21-9-11-24)4-3-5-18(14)22-13-15-6-7-19-16(12-15)8-10-23(19)2/h3-7,12,22,24H,8-11,13H2,1-2H3,(H,21,25). The summed E-state index contributed by atoms with van der Waals surface area (Å²) in [4.78, 5) is 14.4. The number of amides is 1. The van der Waals surface area contributed by atoms with Crippen LogP contribution >= 0.6 is 0 Å². The molecule has 25 heavy (non-hydrogen) atoms. The van der Waals surface area contributed by atoms with Crippen molar-refractivity contribution in [1.29, 1.82) is 0 Å². The van der Waals surface area contributed by atoms with Gasteiger partial charge >= 0.3 is 0 Å². The van der Waals surface area contributed by atoms with Gasteiger partial charge in [0.15, 0.2) is 0 Å². The predicted molar refractivity (Wildman–Crippen MR) is 101 cm³/mol. The summed E-state index contributed by atoms with van der Waals surface area (Å²) in [7, 11) is 2.13. The molecule has 0 atom stereocenters. The van der Waals surface area contributed by atoms with Crippen LogP contribution in [0.5, 0.6) is 0 Å². The molecule has 0 aliphatic carbocycles. The molecule has 5 heteroatoms. The Kier molecular flexibility index (Phi) is 5.24. The van der Waals surface area contributed by atoms with Crippen molar-refractivity contribution in [2.24, 2.45) is 0 Å². The minimum Gasteiger partial charge on any atom is -0.395 e. The number of nitrogens with zero attached hydrogens (tertiary/aromatic N) is 1. The number of rotatable bonds is 6. The highest BCUT2D eigenvalue weighted by molar-refractivity contribution is 5.97. The van der Waals surface area contributed by atoms with Gasteiger partial charge < -0.3 is 20.6 Å². The van der Waals surface area contributed by atoms with E-state index in [2.05, 4.69) is 40.8 Å². The summed E-state index contributed by atoms with van der Waals surface area (Å²) in [5.74, 6) is -0.157. The Morgan fingerprint density at radius 2 is 2.12 bits per heavy atom. The Balaban J connectivity index is 1.70. The van der Waals surface area contributed by atoms with Gasteiger partial charge in [0.05, 0.1) is 6.61 Å². The van der Waals surface area contributed by atoms with E-state index in [1.807, 2.05) is 19.1 Å². The zero-order chi connectivity index (χ0) is 17.8. The molecular weight excluding hydrogens is 314 g/mol. The lowest BCUT2D eigenvalue weighted by Gasteiger charge is -2.15. The highest BCUT2D eigenvalue weighted by Gasteiger charge is 2.16. The third-order valence-corrected chi connectivity index (χ3v) is 4.73. The fraction of sp³-hybridized carbons (Fsp3) is 0.350. The summed E-state index contributed by atoms with van der Waals surface area (Å²) in [5.41, 5.74) is 6.46. The summed E-state index contributed by atoms with van der Waals surface area (Å²) < 4.78 is 0. The number of carbonyl (C=O) groups excluding carboxylic acids is 1. The van der Waals surface area contributed by atoms with Crippen molar-refractivity contribution in [3.63, 3.8) is 0 Å². The lowest BCUT2D eigenvalue weighted by Crippen LogP contribution is -2.27. The van der Waals surface area contributed by atoms with Crippen molar-refractivity contribution in [1.82, 2.24) is 5.32 Å². The van der Waals surface area contributed by atoms with Crippen LogP contribution in [0.2, 0.25) is 0 Å². The number of fused-ring (bicyclic) bond motifs is 1. The Hall–Kier alpha value is -2.53. The first kappa shape index (κ1) is 17.3. The molecule has 0 spiro atoms. The van der Waals surface area contributed by atoms with Crippen LogP contribution < -0.4 is 15.5 Å². The van der Waals surface area contributed by atoms with Crippen LogP contribution in [0.1, 0.15) is 27.0 Å². The van der Waals surface area contributed by atoms with E-state index in [1.165, 1.54) is 16.8 Å². The molecule has 0 saturated carbocycles. The normalized spacial score (nSPS) is 12.8. The quantitative estimate of drug-likeness (QED) is 0.756. The third kappa shape index (κ3) is 3.77. The van der Waals surface area contributed by atoms with Gasteiger partial charge in [-0.1, -0.05) is 18.2 Å². The molecule has 0 unspecified atom stereocenters. The summed E-state index contributed by atoms with van der Waals surface area (Å²) >= 11 is 0. The zero-order valence-corrected chi connectivity index (χ0v) is 14.8. The average Bonchev–Trinajstić information content (AvgIpc) is 2.99. The number of benzene rings is 2. The van der Waals surface area contributed by atoms with Gasteiger partial charge in [0.1, 0.15) is 0 Å². The fourth-order valence-corrected chi connectivity index (χ4v) is 3.27. The Morgan fingerprint density at radius 3 is 2.92 bits per heavy atom. The minimum absolute atomic E-state index is 0.0593. The molecule has 0 saturated heterocycles.